The van der Waals surface area contributed by atoms with Gasteiger partial charge in [0, 0.05) is 43.9 Å². The van der Waals surface area contributed by atoms with Crippen molar-refractivity contribution in [2.75, 3.05) is 38.4 Å². The first-order valence-electron chi connectivity index (χ1n) is 12.3. The van der Waals surface area contributed by atoms with Gasteiger partial charge in [0.25, 0.3) is 0 Å². The SMILES string of the molecule is COCC(C)NC(CC(F)C(=O)c1ccccc1)N1CCC2(CC1)C(=O)NCN2c1ccccc1. The molecule has 0 radical (unpaired) electrons. The lowest BCUT2D eigenvalue weighted by molar-refractivity contribution is -0.125. The Labute approximate surface area is 206 Å². The molecule has 2 aliphatic heterocycles. The first kappa shape index (κ1) is 25.3. The van der Waals surface area contributed by atoms with E-state index < -0.39 is 17.5 Å². The summed E-state index contributed by atoms with van der Waals surface area (Å²) in [4.78, 5) is 30.0. The van der Waals surface area contributed by atoms with Crippen molar-refractivity contribution in [3.8, 4) is 0 Å². The van der Waals surface area contributed by atoms with E-state index in [0.29, 0.717) is 44.8 Å². The summed E-state index contributed by atoms with van der Waals surface area (Å²) in [6, 6.07) is 18.5. The zero-order valence-corrected chi connectivity index (χ0v) is 20.5. The predicted molar refractivity (Wildman–Crippen MR) is 134 cm³/mol. The van der Waals surface area contributed by atoms with Crippen molar-refractivity contribution < 1.29 is 18.7 Å². The van der Waals surface area contributed by atoms with Gasteiger partial charge in [-0.15, -0.1) is 0 Å². The number of rotatable bonds is 10. The van der Waals surface area contributed by atoms with Crippen LogP contribution in [-0.4, -0.2) is 74.0 Å². The highest BCUT2D eigenvalue weighted by molar-refractivity contribution is 5.99. The van der Waals surface area contributed by atoms with Crippen LogP contribution in [0.2, 0.25) is 0 Å². The number of hydrogen-bond acceptors (Lipinski definition) is 6. The van der Waals surface area contributed by atoms with E-state index in [0.717, 1.165) is 5.69 Å². The maximum atomic E-state index is 15.2. The zero-order valence-electron chi connectivity index (χ0n) is 20.5. The summed E-state index contributed by atoms with van der Waals surface area (Å²) in [7, 11) is 1.63. The molecule has 35 heavy (non-hydrogen) atoms. The number of anilines is 1. The second-order valence-corrected chi connectivity index (χ2v) is 9.47. The largest absolute Gasteiger partial charge is 0.383 e. The Hall–Kier alpha value is -2.81. The number of Topliss-reactive ketones (excluding diaryl/α,β-unsaturated/α-hetero) is 1. The third kappa shape index (κ3) is 5.55. The quantitative estimate of drug-likeness (QED) is 0.508. The van der Waals surface area contributed by atoms with Crippen LogP contribution in [0.5, 0.6) is 0 Å². The van der Waals surface area contributed by atoms with Crippen molar-refractivity contribution in [3.63, 3.8) is 0 Å². The molecule has 1 spiro atoms. The van der Waals surface area contributed by atoms with Gasteiger partial charge in [-0.2, -0.15) is 0 Å². The van der Waals surface area contributed by atoms with E-state index >= 15 is 4.39 Å². The Kier molecular flexibility index (Phi) is 8.15. The molecule has 7 nitrogen and oxygen atoms in total. The van der Waals surface area contributed by atoms with Crippen LogP contribution in [0.15, 0.2) is 60.7 Å². The number of halogens is 1. The lowest BCUT2D eigenvalue weighted by atomic mass is 9.85. The molecule has 8 heteroatoms. The van der Waals surface area contributed by atoms with E-state index in [1.165, 1.54) is 0 Å². The molecule has 3 atom stereocenters. The van der Waals surface area contributed by atoms with Crippen molar-refractivity contribution in [1.82, 2.24) is 15.5 Å². The number of carbonyl (C=O) groups excluding carboxylic acids is 2. The van der Waals surface area contributed by atoms with Gasteiger partial charge in [-0.1, -0.05) is 48.5 Å². The topological polar surface area (TPSA) is 73.9 Å². The monoisotopic (exact) mass is 482 g/mol. The number of alkyl halides is 1. The summed E-state index contributed by atoms with van der Waals surface area (Å²) >= 11 is 0. The second kappa shape index (κ2) is 11.3. The second-order valence-electron chi connectivity index (χ2n) is 9.47. The number of hydrogen-bond donors (Lipinski definition) is 2. The summed E-state index contributed by atoms with van der Waals surface area (Å²) in [5.74, 6) is -0.461. The van der Waals surface area contributed by atoms with Crippen LogP contribution < -0.4 is 15.5 Å². The van der Waals surface area contributed by atoms with E-state index in [1.54, 1.807) is 31.4 Å². The number of carbonyl (C=O) groups is 2. The number of nitrogens with zero attached hydrogens (tertiary/aromatic N) is 2. The summed E-state index contributed by atoms with van der Waals surface area (Å²) in [5.41, 5.74) is 0.776. The molecule has 0 bridgehead atoms. The van der Waals surface area contributed by atoms with Crippen LogP contribution in [0.25, 0.3) is 0 Å². The minimum Gasteiger partial charge on any atom is -0.383 e. The molecule has 0 aliphatic carbocycles. The van der Waals surface area contributed by atoms with E-state index in [-0.39, 0.29) is 24.5 Å². The molecule has 188 valence electrons. The van der Waals surface area contributed by atoms with Crippen molar-refractivity contribution in [1.29, 1.82) is 0 Å². The van der Waals surface area contributed by atoms with Crippen LogP contribution >= 0.6 is 0 Å². The normalized spacial score (nSPS) is 20.4. The Morgan fingerprint density at radius 3 is 2.37 bits per heavy atom. The van der Waals surface area contributed by atoms with Crippen molar-refractivity contribution in [3.05, 3.63) is 66.2 Å². The number of nitrogens with one attached hydrogen (secondary N) is 2. The van der Waals surface area contributed by atoms with E-state index in [9.17, 15) is 9.59 Å². The van der Waals surface area contributed by atoms with Gasteiger partial charge in [0.1, 0.15) is 5.54 Å². The molecule has 1 amide bonds. The van der Waals surface area contributed by atoms with Gasteiger partial charge in [-0.05, 0) is 31.9 Å². The lowest BCUT2D eigenvalue weighted by Crippen LogP contribution is -2.61. The highest BCUT2D eigenvalue weighted by Crippen LogP contribution is 2.36. The zero-order chi connectivity index (χ0) is 24.8. The fraction of sp³-hybridized carbons (Fsp3) is 0.481. The minimum atomic E-state index is -1.63. The molecule has 2 N–H and O–H groups in total. The number of methoxy groups -OCH3 is 1. The average Bonchev–Trinajstić information content (AvgIpc) is 3.19. The predicted octanol–water partition coefficient (Wildman–Crippen LogP) is 2.98. The highest BCUT2D eigenvalue weighted by Gasteiger charge is 2.51. The summed E-state index contributed by atoms with van der Waals surface area (Å²) in [6.07, 6.45) is -0.711. The van der Waals surface area contributed by atoms with E-state index in [1.807, 2.05) is 43.3 Å². The molecular weight excluding hydrogens is 447 g/mol. The Morgan fingerprint density at radius 1 is 1.11 bits per heavy atom. The highest BCUT2D eigenvalue weighted by atomic mass is 19.1. The maximum absolute atomic E-state index is 15.2. The molecule has 2 fully saturated rings. The molecule has 2 aromatic rings. The van der Waals surface area contributed by atoms with Crippen LogP contribution in [0.1, 0.15) is 36.5 Å². The minimum absolute atomic E-state index is 0.0180. The molecule has 0 aromatic heterocycles. The number of benzene rings is 2. The van der Waals surface area contributed by atoms with Gasteiger partial charge in [0.05, 0.1) is 19.4 Å². The van der Waals surface area contributed by atoms with E-state index in [4.69, 9.17) is 4.74 Å². The number of ketones is 1. The van der Waals surface area contributed by atoms with Gasteiger partial charge < -0.3 is 15.0 Å². The van der Waals surface area contributed by atoms with Gasteiger partial charge >= 0.3 is 0 Å². The fourth-order valence-electron chi connectivity index (χ4n) is 5.27. The third-order valence-electron chi connectivity index (χ3n) is 7.14. The van der Waals surface area contributed by atoms with Crippen molar-refractivity contribution in [2.45, 2.75) is 50.1 Å². The van der Waals surface area contributed by atoms with E-state index in [2.05, 4.69) is 20.4 Å². The number of para-hydroxylation sites is 1. The Morgan fingerprint density at radius 2 is 1.74 bits per heavy atom. The summed E-state index contributed by atoms with van der Waals surface area (Å²) in [5, 5.41) is 6.47. The number of piperidine rings is 1. The number of ether oxygens (including phenoxy) is 1. The molecule has 0 saturated carbocycles. The van der Waals surface area contributed by atoms with Crippen LogP contribution in [-0.2, 0) is 9.53 Å². The molecule has 4 rings (SSSR count). The standard InChI is InChI=1S/C27H35FN4O3/c1-20(18-35-2)30-24(17-23(28)25(33)21-9-5-3-6-10-21)31-15-13-27(14-16-31)26(34)29-19-32(27)22-11-7-4-8-12-22/h3-12,20,23-24,30H,13-19H2,1-2H3,(H,29,34). The third-order valence-corrected chi connectivity index (χ3v) is 7.14. The number of likely N-dealkylation sites (tertiary alicyclic amines) is 1. The first-order valence-corrected chi connectivity index (χ1v) is 12.3. The maximum Gasteiger partial charge on any atom is 0.247 e. The van der Waals surface area contributed by atoms with Gasteiger partial charge in [0.2, 0.25) is 5.91 Å². The van der Waals surface area contributed by atoms with Gasteiger partial charge in [-0.25, -0.2) is 4.39 Å². The van der Waals surface area contributed by atoms with Crippen LogP contribution in [0.4, 0.5) is 10.1 Å². The summed E-state index contributed by atoms with van der Waals surface area (Å²) < 4.78 is 20.5. The van der Waals surface area contributed by atoms with Crippen LogP contribution in [0.3, 0.4) is 0 Å². The fourth-order valence-corrected chi connectivity index (χ4v) is 5.27. The van der Waals surface area contributed by atoms with Gasteiger partial charge in [-0.3, -0.25) is 19.8 Å². The number of amides is 1. The average molecular weight is 483 g/mol. The molecule has 2 saturated heterocycles. The summed E-state index contributed by atoms with van der Waals surface area (Å²) in [6.45, 7) is 4.16. The lowest BCUT2D eigenvalue weighted by Gasteiger charge is -2.46. The smallest absolute Gasteiger partial charge is 0.247 e. The van der Waals surface area contributed by atoms with Crippen molar-refractivity contribution in [2.24, 2.45) is 0 Å². The molecule has 2 aliphatic rings. The van der Waals surface area contributed by atoms with Gasteiger partial charge in [0.15, 0.2) is 12.0 Å². The Balaban J connectivity index is 1.47. The van der Waals surface area contributed by atoms with Crippen LogP contribution in [0, 0.1) is 0 Å². The van der Waals surface area contributed by atoms with Crippen molar-refractivity contribution >= 4 is 17.4 Å². The molecule has 2 heterocycles. The molecule has 3 unspecified atom stereocenters. The molecule has 2 aromatic carbocycles. The first-order chi connectivity index (χ1) is 16.9. The Bertz CT molecular complexity index is 982. The molecular formula is C27H35FN4O3.